The molecule has 0 saturated carbocycles. The second-order valence-electron chi connectivity index (χ2n) is 4.95. The maximum Gasteiger partial charge on any atom is 0.336 e. The van der Waals surface area contributed by atoms with Crippen LogP contribution in [-0.2, 0) is 10.3 Å². The average molecular weight is 274 g/mol. The van der Waals surface area contributed by atoms with Gasteiger partial charge in [0.2, 0.25) is 11.8 Å². The van der Waals surface area contributed by atoms with Crippen LogP contribution in [0.3, 0.4) is 0 Å². The SMILES string of the molecule is CC1(c2nnc(-c3ccccc3C(=O)O)o2)CCCO1. The van der Waals surface area contributed by atoms with Gasteiger partial charge in [0, 0.05) is 6.61 Å². The number of carboxylic acid groups (broad SMARTS) is 1. The third kappa shape index (κ3) is 2.08. The molecule has 0 aliphatic carbocycles. The Morgan fingerprint density at radius 2 is 2.15 bits per heavy atom. The van der Waals surface area contributed by atoms with Crippen LogP contribution < -0.4 is 0 Å². The van der Waals surface area contributed by atoms with E-state index < -0.39 is 11.6 Å². The highest BCUT2D eigenvalue weighted by atomic mass is 16.5. The fourth-order valence-corrected chi connectivity index (χ4v) is 2.35. The second-order valence-corrected chi connectivity index (χ2v) is 4.95. The quantitative estimate of drug-likeness (QED) is 0.925. The fraction of sp³-hybridized carbons (Fsp3) is 0.357. The van der Waals surface area contributed by atoms with E-state index in [1.165, 1.54) is 6.07 Å². The number of rotatable bonds is 3. The number of ether oxygens (including phenoxy) is 1. The summed E-state index contributed by atoms with van der Waals surface area (Å²) >= 11 is 0. The van der Waals surface area contributed by atoms with Gasteiger partial charge in [-0.2, -0.15) is 0 Å². The van der Waals surface area contributed by atoms with Gasteiger partial charge in [-0.25, -0.2) is 4.79 Å². The molecule has 6 nitrogen and oxygen atoms in total. The molecule has 0 amide bonds. The van der Waals surface area contributed by atoms with Crippen molar-refractivity contribution < 1.29 is 19.1 Å². The number of aromatic carboxylic acids is 1. The monoisotopic (exact) mass is 274 g/mol. The molecule has 0 bridgehead atoms. The molecule has 2 aromatic rings. The summed E-state index contributed by atoms with van der Waals surface area (Å²) in [4.78, 5) is 11.2. The maximum absolute atomic E-state index is 11.2. The molecule has 1 aromatic heterocycles. The van der Waals surface area contributed by atoms with Crippen molar-refractivity contribution in [1.82, 2.24) is 10.2 Å². The molecule has 1 saturated heterocycles. The van der Waals surface area contributed by atoms with E-state index in [2.05, 4.69) is 10.2 Å². The van der Waals surface area contributed by atoms with Gasteiger partial charge < -0.3 is 14.3 Å². The Balaban J connectivity index is 2.00. The van der Waals surface area contributed by atoms with Crippen LogP contribution in [0.5, 0.6) is 0 Å². The van der Waals surface area contributed by atoms with Gasteiger partial charge in [0.05, 0.1) is 11.1 Å². The molecule has 3 rings (SSSR count). The van der Waals surface area contributed by atoms with Crippen LogP contribution in [0.1, 0.15) is 36.0 Å². The lowest BCUT2D eigenvalue weighted by molar-refractivity contribution is -0.00503. The van der Waals surface area contributed by atoms with Gasteiger partial charge in [-0.1, -0.05) is 12.1 Å². The van der Waals surface area contributed by atoms with E-state index in [0.29, 0.717) is 18.1 Å². The summed E-state index contributed by atoms with van der Waals surface area (Å²) in [5.74, 6) is -0.427. The zero-order valence-corrected chi connectivity index (χ0v) is 11.0. The van der Waals surface area contributed by atoms with Crippen molar-refractivity contribution in [2.75, 3.05) is 6.61 Å². The Kier molecular flexibility index (Phi) is 3.02. The first kappa shape index (κ1) is 12.8. The molecule has 1 fully saturated rings. The molecule has 6 heteroatoms. The largest absolute Gasteiger partial charge is 0.478 e. The Bertz CT molecular complexity index is 644. The van der Waals surface area contributed by atoms with Crippen LogP contribution in [0.25, 0.3) is 11.5 Å². The number of hydrogen-bond acceptors (Lipinski definition) is 5. The highest BCUT2D eigenvalue weighted by Crippen LogP contribution is 2.36. The van der Waals surface area contributed by atoms with Crippen LogP contribution in [0.2, 0.25) is 0 Å². The highest BCUT2D eigenvalue weighted by Gasteiger charge is 2.37. The normalized spacial score (nSPS) is 22.1. The standard InChI is InChI=1S/C14H14N2O4/c1-14(7-4-8-19-14)13-16-15-11(20-13)9-5-2-3-6-10(9)12(17)18/h2-3,5-6H,4,7-8H2,1H3,(H,17,18). The van der Waals surface area contributed by atoms with Crippen LogP contribution in [0.15, 0.2) is 28.7 Å². The van der Waals surface area contributed by atoms with Gasteiger partial charge in [-0.15, -0.1) is 10.2 Å². The summed E-state index contributed by atoms with van der Waals surface area (Å²) in [6, 6.07) is 6.55. The van der Waals surface area contributed by atoms with Crippen molar-refractivity contribution in [3.05, 3.63) is 35.7 Å². The minimum atomic E-state index is -1.02. The van der Waals surface area contributed by atoms with Gasteiger partial charge in [-0.05, 0) is 31.9 Å². The second kappa shape index (κ2) is 4.72. The predicted octanol–water partition coefficient (Wildman–Crippen LogP) is 2.46. The van der Waals surface area contributed by atoms with E-state index in [4.69, 9.17) is 9.15 Å². The van der Waals surface area contributed by atoms with Crippen LogP contribution in [0, 0.1) is 0 Å². The predicted molar refractivity (Wildman–Crippen MR) is 69.2 cm³/mol. The zero-order valence-electron chi connectivity index (χ0n) is 11.0. The molecule has 1 N–H and O–H groups in total. The molecular weight excluding hydrogens is 260 g/mol. The molecule has 20 heavy (non-hydrogen) atoms. The molecule has 104 valence electrons. The molecule has 1 aromatic carbocycles. The summed E-state index contributed by atoms with van der Waals surface area (Å²) in [6.07, 6.45) is 1.76. The van der Waals surface area contributed by atoms with E-state index in [0.717, 1.165) is 12.8 Å². The summed E-state index contributed by atoms with van der Waals surface area (Å²) < 4.78 is 11.3. The number of carbonyl (C=O) groups is 1. The third-order valence-electron chi connectivity index (χ3n) is 3.48. The minimum Gasteiger partial charge on any atom is -0.478 e. The average Bonchev–Trinajstić information content (AvgIpc) is 3.08. The van der Waals surface area contributed by atoms with Crippen LogP contribution >= 0.6 is 0 Å². The zero-order chi connectivity index (χ0) is 14.2. The Hall–Kier alpha value is -2.21. The number of benzene rings is 1. The van der Waals surface area contributed by atoms with E-state index >= 15 is 0 Å². The molecule has 1 atom stereocenters. The summed E-state index contributed by atoms with van der Waals surface area (Å²) in [7, 11) is 0. The van der Waals surface area contributed by atoms with E-state index in [-0.39, 0.29) is 11.5 Å². The fourth-order valence-electron chi connectivity index (χ4n) is 2.35. The highest BCUT2D eigenvalue weighted by molar-refractivity contribution is 5.94. The van der Waals surface area contributed by atoms with Crippen molar-refractivity contribution in [2.45, 2.75) is 25.4 Å². The summed E-state index contributed by atoms with van der Waals surface area (Å²) in [5.41, 5.74) is -0.01000. The first-order chi connectivity index (χ1) is 9.60. The Morgan fingerprint density at radius 3 is 2.85 bits per heavy atom. The van der Waals surface area contributed by atoms with Gasteiger partial charge >= 0.3 is 5.97 Å². The molecule has 1 aliphatic rings. The number of aromatic nitrogens is 2. The first-order valence-electron chi connectivity index (χ1n) is 6.41. The Morgan fingerprint density at radius 1 is 1.35 bits per heavy atom. The first-order valence-corrected chi connectivity index (χ1v) is 6.41. The molecular formula is C14H14N2O4. The van der Waals surface area contributed by atoms with Gasteiger partial charge in [0.15, 0.2) is 0 Å². The molecule has 2 heterocycles. The molecule has 0 spiro atoms. The maximum atomic E-state index is 11.2. The van der Waals surface area contributed by atoms with E-state index in [9.17, 15) is 9.90 Å². The van der Waals surface area contributed by atoms with Crippen molar-refractivity contribution in [3.63, 3.8) is 0 Å². The molecule has 1 aliphatic heterocycles. The number of nitrogens with zero attached hydrogens (tertiary/aromatic N) is 2. The van der Waals surface area contributed by atoms with Crippen molar-refractivity contribution in [2.24, 2.45) is 0 Å². The summed E-state index contributed by atoms with van der Waals surface area (Å²) in [5, 5.41) is 17.2. The smallest absolute Gasteiger partial charge is 0.336 e. The van der Waals surface area contributed by atoms with Crippen molar-refractivity contribution in [1.29, 1.82) is 0 Å². The summed E-state index contributed by atoms with van der Waals surface area (Å²) in [6.45, 7) is 2.57. The number of carboxylic acids is 1. The van der Waals surface area contributed by atoms with Crippen molar-refractivity contribution in [3.8, 4) is 11.5 Å². The lowest BCUT2D eigenvalue weighted by Gasteiger charge is -2.17. The topological polar surface area (TPSA) is 85.5 Å². The minimum absolute atomic E-state index is 0.139. The van der Waals surface area contributed by atoms with Gasteiger partial charge in [0.25, 0.3) is 0 Å². The van der Waals surface area contributed by atoms with Gasteiger partial charge in [-0.3, -0.25) is 0 Å². The molecule has 0 radical (unpaired) electrons. The van der Waals surface area contributed by atoms with E-state index in [1.807, 2.05) is 6.92 Å². The lowest BCUT2D eigenvalue weighted by atomic mass is 10.0. The Labute approximate surface area is 115 Å². The van der Waals surface area contributed by atoms with Crippen molar-refractivity contribution >= 4 is 5.97 Å². The molecule has 1 unspecified atom stereocenters. The lowest BCUT2D eigenvalue weighted by Crippen LogP contribution is -2.20. The number of hydrogen-bond donors (Lipinski definition) is 1. The van der Waals surface area contributed by atoms with Crippen LogP contribution in [0.4, 0.5) is 0 Å². The third-order valence-corrected chi connectivity index (χ3v) is 3.48. The van der Waals surface area contributed by atoms with Crippen LogP contribution in [-0.4, -0.2) is 27.9 Å². The van der Waals surface area contributed by atoms with Gasteiger partial charge in [0.1, 0.15) is 5.60 Å². The van der Waals surface area contributed by atoms with E-state index in [1.54, 1.807) is 18.2 Å².